The van der Waals surface area contributed by atoms with Crippen molar-refractivity contribution in [1.82, 2.24) is 0 Å². The summed E-state index contributed by atoms with van der Waals surface area (Å²) in [6.45, 7) is 13.4. The van der Waals surface area contributed by atoms with Crippen LogP contribution in [0.15, 0.2) is 13.2 Å². The van der Waals surface area contributed by atoms with E-state index in [9.17, 15) is 0 Å². The summed E-state index contributed by atoms with van der Waals surface area (Å²) in [6, 6.07) is 0. The Bertz CT molecular complexity index is 338. The van der Waals surface area contributed by atoms with Crippen LogP contribution < -0.4 is 0 Å². The third-order valence-electron chi connectivity index (χ3n) is 5.23. The fourth-order valence-electron chi connectivity index (χ4n) is 3.46. The second-order valence-corrected chi connectivity index (χ2v) is 13.0. The number of quaternary nitrogens is 3. The highest BCUT2D eigenvalue weighted by molar-refractivity contribution is 4.48. The van der Waals surface area contributed by atoms with Gasteiger partial charge in [0, 0.05) is 0 Å². The second-order valence-electron chi connectivity index (χ2n) is 13.0. The lowest BCUT2D eigenvalue weighted by Gasteiger charge is -2.30. The molecule has 216 valence electrons. The zero-order valence-corrected chi connectivity index (χ0v) is 26.9. The largest absolute Gasteiger partial charge is 0.333 e. The van der Waals surface area contributed by atoms with Crippen molar-refractivity contribution >= 4 is 0 Å². The van der Waals surface area contributed by atoms with Gasteiger partial charge in [-0.2, -0.15) is 4.65 Å². The van der Waals surface area contributed by atoms with Crippen LogP contribution in [-0.4, -0.2) is 95.3 Å². The zero-order valence-electron chi connectivity index (χ0n) is 26.9. The summed E-state index contributed by atoms with van der Waals surface area (Å²) in [7, 11) is 18.4. The van der Waals surface area contributed by atoms with Crippen LogP contribution in [0.1, 0.15) is 117 Å². The molecule has 0 atom stereocenters. The van der Waals surface area contributed by atoms with E-state index in [4.69, 9.17) is 5.21 Å². The van der Waals surface area contributed by atoms with Gasteiger partial charge in [0.05, 0.1) is 76.5 Å². The molecule has 0 fully saturated rings. The molecule has 4 nitrogen and oxygen atoms in total. The standard InChI is InChI=1S/C22H48N.C4H12N.C3H10NO.C2H4/c1-5-7-9-11-13-15-17-19-21-23(3,4)22-20-18-16-14-12-10-8-6-2;1-5(2,3)4;1-4(2,3)5;1-2/h5-22H2,1-4H3;1-4H3;5H,1-3H3;1-2H2/q3*+1;. The van der Waals surface area contributed by atoms with E-state index in [1.54, 1.807) is 21.1 Å². The molecule has 0 radical (unpaired) electrons. The van der Waals surface area contributed by atoms with E-state index >= 15 is 0 Å². The first-order chi connectivity index (χ1) is 16.1. The van der Waals surface area contributed by atoms with Crippen LogP contribution in [0, 0.1) is 0 Å². The third kappa shape index (κ3) is 71.9. The van der Waals surface area contributed by atoms with E-state index < -0.39 is 0 Å². The quantitative estimate of drug-likeness (QED) is 0.0857. The lowest BCUT2D eigenvalue weighted by atomic mass is 10.1. The van der Waals surface area contributed by atoms with Crippen LogP contribution in [-0.2, 0) is 0 Å². The average Bonchev–Trinajstić information content (AvgIpc) is 2.71. The molecule has 0 amide bonds. The fourth-order valence-corrected chi connectivity index (χ4v) is 3.46. The van der Waals surface area contributed by atoms with Crippen molar-refractivity contribution in [3.63, 3.8) is 0 Å². The Kier molecular flexibility index (Phi) is 33.5. The first kappa shape index (κ1) is 41.7. The normalized spacial score (nSPS) is 11.4. The molecule has 0 bridgehead atoms. The lowest BCUT2D eigenvalue weighted by Crippen LogP contribution is -2.41. The molecule has 0 aromatic carbocycles. The Balaban J connectivity index is -0.000000330. The number of hydroxylamine groups is 3. The lowest BCUT2D eigenvalue weighted by molar-refractivity contribution is -1.06. The predicted molar refractivity (Wildman–Crippen MR) is 162 cm³/mol. The van der Waals surface area contributed by atoms with E-state index in [0.717, 1.165) is 4.48 Å². The van der Waals surface area contributed by atoms with Crippen LogP contribution >= 0.6 is 0 Å². The molecule has 0 aliphatic carbocycles. The van der Waals surface area contributed by atoms with Gasteiger partial charge < -0.3 is 8.97 Å². The highest BCUT2D eigenvalue weighted by Crippen LogP contribution is 2.13. The molecule has 0 aromatic rings. The minimum Gasteiger partial charge on any atom is -0.333 e. The Labute approximate surface area is 225 Å². The summed E-state index contributed by atoms with van der Waals surface area (Å²) in [6.07, 6.45) is 23.0. The molecule has 35 heavy (non-hydrogen) atoms. The molecular formula is C31H74N3O+3. The van der Waals surface area contributed by atoms with Crippen LogP contribution in [0.5, 0.6) is 0 Å². The summed E-state index contributed by atoms with van der Waals surface area (Å²) in [5, 5.41) is 8.46. The van der Waals surface area contributed by atoms with Crippen molar-refractivity contribution in [2.75, 3.05) is 76.5 Å². The fraction of sp³-hybridized carbons (Fsp3) is 0.935. The molecule has 0 saturated carbocycles. The molecule has 1 N–H and O–H groups in total. The van der Waals surface area contributed by atoms with E-state index in [-0.39, 0.29) is 4.65 Å². The summed E-state index contributed by atoms with van der Waals surface area (Å²) in [5.74, 6) is 0. The molecule has 4 heteroatoms. The van der Waals surface area contributed by atoms with Gasteiger partial charge in [-0.25, -0.2) is 5.21 Å². The number of hydrogen-bond acceptors (Lipinski definition) is 1. The Morgan fingerprint density at radius 3 is 0.800 bits per heavy atom. The highest BCUT2D eigenvalue weighted by Gasteiger charge is 2.13. The predicted octanol–water partition coefficient (Wildman–Crippen LogP) is 8.55. The average molecular weight is 505 g/mol. The van der Waals surface area contributed by atoms with Gasteiger partial charge in [-0.15, -0.1) is 13.2 Å². The van der Waals surface area contributed by atoms with E-state index in [1.165, 1.54) is 120 Å². The van der Waals surface area contributed by atoms with Crippen LogP contribution in [0.2, 0.25) is 0 Å². The maximum atomic E-state index is 8.46. The maximum absolute atomic E-state index is 8.46. The Hall–Kier alpha value is -0.420. The van der Waals surface area contributed by atoms with Gasteiger partial charge in [-0.3, -0.25) is 0 Å². The van der Waals surface area contributed by atoms with Crippen LogP contribution in [0.3, 0.4) is 0 Å². The minimum absolute atomic E-state index is 0. The topological polar surface area (TPSA) is 20.2 Å². The number of unbranched alkanes of at least 4 members (excludes halogenated alkanes) is 14. The van der Waals surface area contributed by atoms with Crippen molar-refractivity contribution in [1.29, 1.82) is 0 Å². The van der Waals surface area contributed by atoms with Crippen LogP contribution in [0.4, 0.5) is 0 Å². The number of nitrogens with zero attached hydrogens (tertiary/aromatic N) is 3. The van der Waals surface area contributed by atoms with Gasteiger partial charge in [0.25, 0.3) is 0 Å². The smallest absolute Gasteiger partial charge is 0.0979 e. The van der Waals surface area contributed by atoms with Crippen molar-refractivity contribution in [2.24, 2.45) is 0 Å². The molecule has 0 saturated heterocycles. The molecule has 0 aliphatic rings. The molecular weight excluding hydrogens is 430 g/mol. The molecule has 0 rings (SSSR count). The van der Waals surface area contributed by atoms with Gasteiger partial charge in [-0.05, 0) is 25.7 Å². The first-order valence-electron chi connectivity index (χ1n) is 14.8. The van der Waals surface area contributed by atoms with E-state index in [1.807, 2.05) is 0 Å². The second kappa shape index (κ2) is 28.2. The zero-order chi connectivity index (χ0) is 28.2. The molecule has 0 unspecified atom stereocenters. The third-order valence-corrected chi connectivity index (χ3v) is 5.23. The summed E-state index contributed by atoms with van der Waals surface area (Å²) >= 11 is 0. The van der Waals surface area contributed by atoms with Crippen molar-refractivity contribution in [2.45, 2.75) is 117 Å². The van der Waals surface area contributed by atoms with Crippen LogP contribution in [0.25, 0.3) is 0 Å². The monoisotopic (exact) mass is 505 g/mol. The van der Waals surface area contributed by atoms with Gasteiger partial charge >= 0.3 is 0 Å². The Morgan fingerprint density at radius 2 is 0.600 bits per heavy atom. The minimum atomic E-state index is 0. The number of hydrogen-bond donors (Lipinski definition) is 1. The van der Waals surface area contributed by atoms with Gasteiger partial charge in [0.1, 0.15) is 0 Å². The van der Waals surface area contributed by atoms with Gasteiger partial charge in [0.15, 0.2) is 0 Å². The molecule has 0 heterocycles. The van der Waals surface area contributed by atoms with Crippen molar-refractivity contribution in [3.8, 4) is 0 Å². The maximum Gasteiger partial charge on any atom is 0.0979 e. The van der Waals surface area contributed by atoms with Crippen molar-refractivity contribution in [3.05, 3.63) is 13.2 Å². The highest BCUT2D eigenvalue weighted by atomic mass is 16.5. The summed E-state index contributed by atoms with van der Waals surface area (Å²) in [5.41, 5.74) is 0. The van der Waals surface area contributed by atoms with Crippen molar-refractivity contribution < 1.29 is 18.8 Å². The molecule has 0 aromatic heterocycles. The van der Waals surface area contributed by atoms with E-state index in [2.05, 4.69) is 69.3 Å². The SMILES string of the molecule is C=C.CCCCCCCCCC[N+](C)(C)CCCCCCCCCC.C[N+](C)(C)C.C[N+](C)(C)O. The first-order valence-corrected chi connectivity index (χ1v) is 14.8. The molecule has 0 aliphatic heterocycles. The summed E-state index contributed by atoms with van der Waals surface area (Å²) < 4.78 is 2.24. The molecule has 0 spiro atoms. The van der Waals surface area contributed by atoms with E-state index in [0.29, 0.717) is 0 Å². The summed E-state index contributed by atoms with van der Waals surface area (Å²) in [4.78, 5) is 0. The van der Waals surface area contributed by atoms with Gasteiger partial charge in [0.2, 0.25) is 0 Å². The Morgan fingerprint density at radius 1 is 0.429 bits per heavy atom. The number of rotatable bonds is 18. The van der Waals surface area contributed by atoms with Gasteiger partial charge in [-0.1, -0.05) is 90.9 Å².